The van der Waals surface area contributed by atoms with Crippen LogP contribution in [0.2, 0.25) is 0 Å². The van der Waals surface area contributed by atoms with Gasteiger partial charge in [-0.1, -0.05) is 13.0 Å². The van der Waals surface area contributed by atoms with Gasteiger partial charge in [-0.15, -0.1) is 6.58 Å². The molecule has 0 aliphatic heterocycles. The number of allylic oxidation sites excluding steroid dienone is 1. The maximum Gasteiger partial charge on any atom is 0.0591 e. The molecule has 2 heteroatoms. The molecule has 1 N–H and O–H groups in total. The lowest BCUT2D eigenvalue weighted by Gasteiger charge is -2.26. The Labute approximate surface area is 100 Å². The summed E-state index contributed by atoms with van der Waals surface area (Å²) in [5, 5.41) is 3.59. The van der Waals surface area contributed by atoms with Crippen molar-refractivity contribution in [3.8, 4) is 0 Å². The van der Waals surface area contributed by atoms with Crippen LogP contribution in [0.1, 0.15) is 45.4 Å². The minimum absolute atomic E-state index is 0.743. The van der Waals surface area contributed by atoms with Crippen molar-refractivity contribution in [1.29, 1.82) is 0 Å². The summed E-state index contributed by atoms with van der Waals surface area (Å²) >= 11 is 0. The van der Waals surface area contributed by atoms with Crippen LogP contribution >= 0.6 is 0 Å². The molecule has 0 aromatic heterocycles. The van der Waals surface area contributed by atoms with Crippen LogP contribution in [0.3, 0.4) is 0 Å². The number of hydrogen-bond acceptors (Lipinski definition) is 2. The van der Waals surface area contributed by atoms with E-state index in [1.165, 1.54) is 25.7 Å². The molecular weight excluding hydrogens is 198 g/mol. The smallest absolute Gasteiger partial charge is 0.0591 e. The summed E-state index contributed by atoms with van der Waals surface area (Å²) in [6.45, 7) is 8.78. The van der Waals surface area contributed by atoms with E-state index in [-0.39, 0.29) is 0 Å². The summed E-state index contributed by atoms with van der Waals surface area (Å²) in [7, 11) is 0. The average molecular weight is 225 g/mol. The van der Waals surface area contributed by atoms with Crippen molar-refractivity contribution < 1.29 is 4.74 Å². The van der Waals surface area contributed by atoms with E-state index in [0.29, 0.717) is 0 Å². The third-order valence-electron chi connectivity index (χ3n) is 3.39. The summed E-state index contributed by atoms with van der Waals surface area (Å²) in [5.41, 5.74) is 0. The minimum atomic E-state index is 0.743. The molecule has 94 valence electrons. The minimum Gasteiger partial charge on any atom is -0.380 e. The van der Waals surface area contributed by atoms with Gasteiger partial charge in [0.15, 0.2) is 0 Å². The zero-order valence-corrected chi connectivity index (χ0v) is 10.7. The van der Waals surface area contributed by atoms with Crippen LogP contribution in [-0.4, -0.2) is 25.8 Å². The van der Waals surface area contributed by atoms with Crippen LogP contribution < -0.4 is 5.32 Å². The van der Waals surface area contributed by atoms with Crippen molar-refractivity contribution in [2.24, 2.45) is 5.92 Å². The summed E-state index contributed by atoms with van der Waals surface area (Å²) in [6.07, 6.45) is 9.58. The van der Waals surface area contributed by atoms with Crippen LogP contribution in [0.4, 0.5) is 0 Å². The summed E-state index contributed by atoms with van der Waals surface area (Å²) in [4.78, 5) is 0. The van der Waals surface area contributed by atoms with Gasteiger partial charge in [0.05, 0.1) is 6.61 Å². The van der Waals surface area contributed by atoms with E-state index in [9.17, 15) is 0 Å². The van der Waals surface area contributed by atoms with Crippen LogP contribution in [-0.2, 0) is 4.74 Å². The van der Waals surface area contributed by atoms with Crippen molar-refractivity contribution in [2.45, 2.75) is 51.5 Å². The molecule has 0 aromatic rings. The van der Waals surface area contributed by atoms with E-state index in [2.05, 4.69) is 18.8 Å². The fraction of sp³-hybridized carbons (Fsp3) is 0.857. The molecular formula is C14H27NO. The maximum atomic E-state index is 5.54. The van der Waals surface area contributed by atoms with Gasteiger partial charge in [0.25, 0.3) is 0 Å². The van der Waals surface area contributed by atoms with E-state index in [1.807, 2.05) is 6.08 Å². The molecule has 1 aliphatic carbocycles. The first-order chi connectivity index (χ1) is 7.83. The second kappa shape index (κ2) is 8.77. The Hall–Kier alpha value is -0.340. The Morgan fingerprint density at radius 1 is 1.25 bits per heavy atom. The predicted molar refractivity (Wildman–Crippen MR) is 69.7 cm³/mol. The molecule has 1 rings (SSSR count). The first-order valence-electron chi connectivity index (χ1n) is 6.75. The molecule has 0 unspecified atom stereocenters. The lowest BCUT2D eigenvalue weighted by molar-refractivity contribution is 0.129. The van der Waals surface area contributed by atoms with Crippen molar-refractivity contribution in [2.75, 3.05) is 19.8 Å². The highest BCUT2D eigenvalue weighted by molar-refractivity contribution is 4.74. The summed E-state index contributed by atoms with van der Waals surface area (Å²) in [5.74, 6) is 0.938. The third-order valence-corrected chi connectivity index (χ3v) is 3.39. The van der Waals surface area contributed by atoms with Gasteiger partial charge in [0.1, 0.15) is 0 Å². The second-order valence-corrected chi connectivity index (χ2v) is 4.95. The molecule has 0 bridgehead atoms. The van der Waals surface area contributed by atoms with Gasteiger partial charge in [-0.3, -0.25) is 0 Å². The average Bonchev–Trinajstić information content (AvgIpc) is 2.30. The van der Waals surface area contributed by atoms with E-state index >= 15 is 0 Å². The van der Waals surface area contributed by atoms with Crippen LogP contribution in [0.5, 0.6) is 0 Å². The lowest BCUT2D eigenvalue weighted by Crippen LogP contribution is -2.34. The number of nitrogens with one attached hydrogen (secondary N) is 1. The van der Waals surface area contributed by atoms with Gasteiger partial charge in [-0.2, -0.15) is 0 Å². The van der Waals surface area contributed by atoms with Gasteiger partial charge < -0.3 is 10.1 Å². The Balaban J connectivity index is 1.85. The molecule has 0 radical (unpaired) electrons. The normalized spacial score (nSPS) is 25.6. The lowest BCUT2D eigenvalue weighted by atomic mass is 9.87. The van der Waals surface area contributed by atoms with Crippen LogP contribution in [0.25, 0.3) is 0 Å². The van der Waals surface area contributed by atoms with Crippen LogP contribution in [0, 0.1) is 5.92 Å². The zero-order chi connectivity index (χ0) is 11.6. The monoisotopic (exact) mass is 225 g/mol. The summed E-state index contributed by atoms with van der Waals surface area (Å²) < 4.78 is 5.54. The molecule has 1 saturated carbocycles. The first-order valence-corrected chi connectivity index (χ1v) is 6.75. The number of hydrogen-bond donors (Lipinski definition) is 1. The topological polar surface area (TPSA) is 21.3 Å². The third kappa shape index (κ3) is 6.29. The zero-order valence-electron chi connectivity index (χ0n) is 10.7. The fourth-order valence-electron chi connectivity index (χ4n) is 2.23. The predicted octanol–water partition coefficient (Wildman–Crippen LogP) is 3.14. The van der Waals surface area contributed by atoms with E-state index in [0.717, 1.165) is 44.6 Å². The molecule has 0 saturated heterocycles. The number of rotatable bonds is 8. The quantitative estimate of drug-likeness (QED) is 0.506. The molecule has 0 spiro atoms. The van der Waals surface area contributed by atoms with Crippen molar-refractivity contribution in [3.63, 3.8) is 0 Å². The molecule has 2 nitrogen and oxygen atoms in total. The molecule has 16 heavy (non-hydrogen) atoms. The standard InChI is InChI=1S/C14H27NO/c1-3-4-5-11-16-12-10-15-14-8-6-13(2)7-9-14/h3,13-15H,1,4-12H2,2H3. The highest BCUT2D eigenvalue weighted by Gasteiger charge is 2.16. The molecule has 0 amide bonds. The molecule has 1 fully saturated rings. The molecule has 0 aromatic carbocycles. The SMILES string of the molecule is C=CCCCOCCNC1CCC(C)CC1. The highest BCUT2D eigenvalue weighted by atomic mass is 16.5. The van der Waals surface area contributed by atoms with E-state index < -0.39 is 0 Å². The van der Waals surface area contributed by atoms with E-state index in [1.54, 1.807) is 0 Å². The fourth-order valence-corrected chi connectivity index (χ4v) is 2.23. The Morgan fingerprint density at radius 3 is 2.69 bits per heavy atom. The summed E-state index contributed by atoms with van der Waals surface area (Å²) in [6, 6.07) is 0.743. The van der Waals surface area contributed by atoms with Gasteiger partial charge >= 0.3 is 0 Å². The van der Waals surface area contributed by atoms with Crippen molar-refractivity contribution in [1.82, 2.24) is 5.32 Å². The van der Waals surface area contributed by atoms with Gasteiger partial charge in [0, 0.05) is 19.2 Å². The first kappa shape index (κ1) is 13.7. The largest absolute Gasteiger partial charge is 0.380 e. The molecule has 0 atom stereocenters. The highest BCUT2D eigenvalue weighted by Crippen LogP contribution is 2.23. The Morgan fingerprint density at radius 2 is 2.00 bits per heavy atom. The van der Waals surface area contributed by atoms with Gasteiger partial charge in [-0.05, 0) is 44.4 Å². The molecule has 0 heterocycles. The number of ether oxygens (including phenoxy) is 1. The number of unbranched alkanes of at least 4 members (excludes halogenated alkanes) is 1. The van der Waals surface area contributed by atoms with Crippen LogP contribution in [0.15, 0.2) is 12.7 Å². The van der Waals surface area contributed by atoms with E-state index in [4.69, 9.17) is 4.74 Å². The molecule has 1 aliphatic rings. The van der Waals surface area contributed by atoms with Gasteiger partial charge in [-0.25, -0.2) is 0 Å². The van der Waals surface area contributed by atoms with Gasteiger partial charge in [0.2, 0.25) is 0 Å². The maximum absolute atomic E-state index is 5.54. The van der Waals surface area contributed by atoms with Crippen molar-refractivity contribution >= 4 is 0 Å². The Kier molecular flexibility index (Phi) is 7.52. The Bertz CT molecular complexity index is 174. The second-order valence-electron chi connectivity index (χ2n) is 4.95. The van der Waals surface area contributed by atoms with Crippen molar-refractivity contribution in [3.05, 3.63) is 12.7 Å².